The number of nitrogens with zero attached hydrogens (tertiary/aromatic N) is 3. The zero-order valence-electron chi connectivity index (χ0n) is 11.2. The molecule has 112 valence electrons. The monoisotopic (exact) mass is 328 g/mol. The summed E-state index contributed by atoms with van der Waals surface area (Å²) in [6.45, 7) is 2.44. The number of rotatable bonds is 5. The summed E-state index contributed by atoms with van der Waals surface area (Å²) < 4.78 is 28.1. The highest BCUT2D eigenvalue weighted by molar-refractivity contribution is 7.92. The molecule has 0 fully saturated rings. The Kier molecular flexibility index (Phi) is 4.59. The standard InChI is InChI=1S/C12H13ClN4O3S/c1-2-5-17-8-9(3-4-11(17)18)16-21(19,20)10-6-14-12(13)15-7-10/h3-4,6-8,16H,2,5H2,1H3. The fourth-order valence-corrected chi connectivity index (χ4v) is 2.69. The second-order valence-electron chi connectivity index (χ2n) is 4.24. The van der Waals surface area contributed by atoms with Crippen LogP contribution in [0, 0.1) is 0 Å². The van der Waals surface area contributed by atoms with Gasteiger partial charge in [-0.15, -0.1) is 0 Å². The number of aromatic nitrogens is 3. The van der Waals surface area contributed by atoms with Crippen LogP contribution in [0.2, 0.25) is 5.28 Å². The summed E-state index contributed by atoms with van der Waals surface area (Å²) in [5, 5.41) is -0.0366. The predicted molar refractivity (Wildman–Crippen MR) is 78.8 cm³/mol. The van der Waals surface area contributed by atoms with Crippen molar-refractivity contribution in [3.63, 3.8) is 0 Å². The summed E-state index contributed by atoms with van der Waals surface area (Å²) in [4.78, 5) is 18.7. The van der Waals surface area contributed by atoms with Crippen LogP contribution in [0.3, 0.4) is 0 Å². The number of hydrogen-bond donors (Lipinski definition) is 1. The highest BCUT2D eigenvalue weighted by atomic mass is 35.5. The van der Waals surface area contributed by atoms with Crippen molar-refractivity contribution in [1.29, 1.82) is 0 Å². The Morgan fingerprint density at radius 2 is 1.95 bits per heavy atom. The molecule has 2 rings (SSSR count). The van der Waals surface area contributed by atoms with Crippen LogP contribution in [-0.4, -0.2) is 23.0 Å². The molecular weight excluding hydrogens is 316 g/mol. The zero-order valence-corrected chi connectivity index (χ0v) is 12.7. The highest BCUT2D eigenvalue weighted by Gasteiger charge is 2.15. The third-order valence-electron chi connectivity index (χ3n) is 2.61. The van der Waals surface area contributed by atoms with Gasteiger partial charge in [0.25, 0.3) is 15.6 Å². The van der Waals surface area contributed by atoms with Crippen molar-refractivity contribution in [3.8, 4) is 0 Å². The minimum atomic E-state index is -3.82. The molecule has 0 saturated carbocycles. The van der Waals surface area contributed by atoms with E-state index in [2.05, 4.69) is 14.7 Å². The average molecular weight is 329 g/mol. The van der Waals surface area contributed by atoms with E-state index in [0.717, 1.165) is 18.8 Å². The molecule has 0 aliphatic heterocycles. The number of sulfonamides is 1. The Hall–Kier alpha value is -1.93. The lowest BCUT2D eigenvalue weighted by molar-refractivity contribution is 0.600. The van der Waals surface area contributed by atoms with Crippen LogP contribution >= 0.6 is 11.6 Å². The molecule has 2 heterocycles. The van der Waals surface area contributed by atoms with Crippen LogP contribution in [0.4, 0.5) is 5.69 Å². The number of halogens is 1. The molecule has 9 heteroatoms. The van der Waals surface area contributed by atoms with E-state index >= 15 is 0 Å². The molecule has 0 spiro atoms. The number of hydrogen-bond acceptors (Lipinski definition) is 5. The van der Waals surface area contributed by atoms with Crippen molar-refractivity contribution in [3.05, 3.63) is 46.4 Å². The third kappa shape index (κ3) is 3.79. The fourth-order valence-electron chi connectivity index (χ4n) is 1.66. The van der Waals surface area contributed by atoms with E-state index in [1.54, 1.807) is 0 Å². The smallest absolute Gasteiger partial charge is 0.265 e. The van der Waals surface area contributed by atoms with E-state index in [0.29, 0.717) is 6.54 Å². The van der Waals surface area contributed by atoms with Gasteiger partial charge in [-0.25, -0.2) is 18.4 Å². The Morgan fingerprint density at radius 1 is 1.29 bits per heavy atom. The van der Waals surface area contributed by atoms with Gasteiger partial charge in [0, 0.05) is 18.8 Å². The maximum absolute atomic E-state index is 12.1. The molecule has 0 radical (unpaired) electrons. The number of pyridine rings is 1. The van der Waals surface area contributed by atoms with E-state index in [-0.39, 0.29) is 21.4 Å². The minimum Gasteiger partial charge on any atom is -0.313 e. The molecule has 21 heavy (non-hydrogen) atoms. The third-order valence-corrected chi connectivity index (χ3v) is 4.14. The van der Waals surface area contributed by atoms with Crippen LogP contribution in [0.15, 0.2) is 40.4 Å². The van der Waals surface area contributed by atoms with Crippen molar-refractivity contribution >= 4 is 27.3 Å². The molecule has 0 aliphatic carbocycles. The predicted octanol–water partition coefficient (Wildman–Crippen LogP) is 1.50. The molecule has 1 N–H and O–H groups in total. The largest absolute Gasteiger partial charge is 0.313 e. The first-order chi connectivity index (χ1) is 9.92. The van der Waals surface area contributed by atoms with Gasteiger partial charge in [-0.3, -0.25) is 9.52 Å². The molecular formula is C12H13ClN4O3S. The molecule has 0 aliphatic rings. The normalized spacial score (nSPS) is 11.3. The van der Waals surface area contributed by atoms with Gasteiger partial charge in [0.15, 0.2) is 0 Å². The summed E-state index contributed by atoms with van der Waals surface area (Å²) in [7, 11) is -3.82. The number of nitrogens with one attached hydrogen (secondary N) is 1. The highest BCUT2D eigenvalue weighted by Crippen LogP contribution is 2.14. The summed E-state index contributed by atoms with van der Waals surface area (Å²) >= 11 is 5.52. The summed E-state index contributed by atoms with van der Waals surface area (Å²) in [6, 6.07) is 2.72. The van der Waals surface area contributed by atoms with Gasteiger partial charge in [0.1, 0.15) is 4.90 Å². The van der Waals surface area contributed by atoms with Gasteiger partial charge in [-0.1, -0.05) is 6.92 Å². The Bertz CT molecular complexity index is 787. The Morgan fingerprint density at radius 3 is 2.57 bits per heavy atom. The maximum atomic E-state index is 12.1. The van der Waals surface area contributed by atoms with E-state index in [4.69, 9.17) is 11.6 Å². The Balaban J connectivity index is 2.30. The molecule has 0 bridgehead atoms. The summed E-state index contributed by atoms with van der Waals surface area (Å²) in [5.74, 6) is 0. The minimum absolute atomic E-state index is 0.0366. The van der Waals surface area contributed by atoms with E-state index in [9.17, 15) is 13.2 Å². The quantitative estimate of drug-likeness (QED) is 0.839. The van der Waals surface area contributed by atoms with Gasteiger partial charge >= 0.3 is 0 Å². The van der Waals surface area contributed by atoms with Crippen molar-refractivity contribution < 1.29 is 8.42 Å². The summed E-state index contributed by atoms with van der Waals surface area (Å²) in [5.41, 5.74) is 0.104. The van der Waals surface area contributed by atoms with Gasteiger partial charge < -0.3 is 4.57 Å². The van der Waals surface area contributed by atoms with Crippen LogP contribution in [-0.2, 0) is 16.6 Å². The molecule has 7 nitrogen and oxygen atoms in total. The second kappa shape index (κ2) is 6.23. The van der Waals surface area contributed by atoms with Crippen LogP contribution in [0.5, 0.6) is 0 Å². The topological polar surface area (TPSA) is 93.9 Å². The van der Waals surface area contributed by atoms with Crippen molar-refractivity contribution in [2.45, 2.75) is 24.8 Å². The molecule has 0 saturated heterocycles. The molecule has 0 unspecified atom stereocenters. The van der Waals surface area contributed by atoms with Gasteiger partial charge in [0.2, 0.25) is 5.28 Å². The van der Waals surface area contributed by atoms with Crippen LogP contribution in [0.25, 0.3) is 0 Å². The molecule has 2 aromatic rings. The lowest BCUT2D eigenvalue weighted by Gasteiger charge is -2.10. The number of aryl methyl sites for hydroxylation is 1. The molecule has 0 atom stereocenters. The van der Waals surface area contributed by atoms with Crippen molar-refractivity contribution in [2.75, 3.05) is 4.72 Å². The lowest BCUT2D eigenvalue weighted by Crippen LogP contribution is -2.20. The van der Waals surface area contributed by atoms with E-state index in [1.165, 1.54) is 22.9 Å². The zero-order chi connectivity index (χ0) is 15.5. The van der Waals surface area contributed by atoms with Crippen molar-refractivity contribution in [1.82, 2.24) is 14.5 Å². The summed E-state index contributed by atoms with van der Waals surface area (Å²) in [6.07, 6.45) is 4.45. The maximum Gasteiger partial charge on any atom is 0.265 e. The average Bonchev–Trinajstić information content (AvgIpc) is 2.43. The molecule has 0 aromatic carbocycles. The first-order valence-electron chi connectivity index (χ1n) is 6.13. The van der Waals surface area contributed by atoms with Crippen LogP contribution < -0.4 is 10.3 Å². The van der Waals surface area contributed by atoms with Crippen molar-refractivity contribution in [2.24, 2.45) is 0 Å². The Labute approximate surface area is 126 Å². The number of anilines is 1. The van der Waals surface area contributed by atoms with Gasteiger partial charge in [-0.05, 0) is 24.1 Å². The van der Waals surface area contributed by atoms with E-state index in [1.807, 2.05) is 6.92 Å². The lowest BCUT2D eigenvalue weighted by atomic mass is 10.4. The van der Waals surface area contributed by atoms with Gasteiger partial charge in [0.05, 0.1) is 18.1 Å². The molecule has 0 amide bonds. The fraction of sp³-hybridized carbons (Fsp3) is 0.250. The van der Waals surface area contributed by atoms with Crippen LogP contribution in [0.1, 0.15) is 13.3 Å². The SMILES string of the molecule is CCCn1cc(NS(=O)(=O)c2cnc(Cl)nc2)ccc1=O. The van der Waals surface area contributed by atoms with E-state index < -0.39 is 10.0 Å². The molecule has 2 aromatic heterocycles. The van der Waals surface area contributed by atoms with Gasteiger partial charge in [-0.2, -0.15) is 0 Å². The second-order valence-corrected chi connectivity index (χ2v) is 6.26. The first-order valence-corrected chi connectivity index (χ1v) is 7.99. The first kappa shape index (κ1) is 15.5.